The van der Waals surface area contributed by atoms with Gasteiger partial charge in [-0.05, 0) is 25.3 Å². The fourth-order valence-corrected chi connectivity index (χ4v) is 3.59. The molecule has 0 amide bonds. The van der Waals surface area contributed by atoms with Gasteiger partial charge in [-0.15, -0.1) is 0 Å². The molecule has 0 aliphatic carbocycles. The Balaban J connectivity index is 2.49. The zero-order valence-corrected chi connectivity index (χ0v) is 12.6. The van der Waals surface area contributed by atoms with E-state index in [1.54, 1.807) is 0 Å². The second kappa shape index (κ2) is 7.17. The quantitative estimate of drug-likeness (QED) is 0.570. The van der Waals surface area contributed by atoms with E-state index >= 15 is 0 Å². The van der Waals surface area contributed by atoms with Crippen molar-refractivity contribution in [1.29, 1.82) is 0 Å². The number of sulfone groups is 1. The molecule has 17 heavy (non-hydrogen) atoms. The topological polar surface area (TPSA) is 34.1 Å². The van der Waals surface area contributed by atoms with Crippen LogP contribution in [0.1, 0.15) is 30.4 Å². The smallest absolute Gasteiger partial charge is 0.154 e. The summed E-state index contributed by atoms with van der Waals surface area (Å²) < 4.78 is 23.7. The average molecular weight is 319 g/mol. The Kier molecular flexibility index (Phi) is 6.20. The van der Waals surface area contributed by atoms with Gasteiger partial charge in [0.2, 0.25) is 0 Å². The number of hydrogen-bond donors (Lipinski definition) is 0. The Morgan fingerprint density at radius 2 is 1.94 bits per heavy atom. The second-order valence-corrected chi connectivity index (χ2v) is 7.31. The summed E-state index contributed by atoms with van der Waals surface area (Å²) in [5.74, 6) is 0.469. The van der Waals surface area contributed by atoms with Gasteiger partial charge >= 0.3 is 0 Å². The minimum Gasteiger partial charge on any atom is -0.228 e. The predicted octanol–water partition coefficient (Wildman–Crippen LogP) is 3.48. The molecule has 0 saturated carbocycles. The summed E-state index contributed by atoms with van der Waals surface area (Å²) >= 11 is 3.34. The molecule has 0 aromatic heterocycles. The summed E-state index contributed by atoms with van der Waals surface area (Å²) in [5.41, 5.74) is 2.00. The van der Waals surface area contributed by atoms with Crippen molar-refractivity contribution in [3.8, 4) is 0 Å². The molecule has 1 aromatic carbocycles. The van der Waals surface area contributed by atoms with E-state index in [0.717, 1.165) is 35.7 Å². The standard InChI is InChI=1S/C13H19BrO2S/c1-12-6-5-7-13(10-12)11-17(15,16)9-4-2-3-8-14/h5-7,10H,2-4,8-9,11H2,1H3. The largest absolute Gasteiger partial charge is 0.228 e. The first-order chi connectivity index (χ1) is 8.03. The summed E-state index contributed by atoms with van der Waals surface area (Å²) in [6, 6.07) is 7.70. The first-order valence-electron chi connectivity index (χ1n) is 5.85. The van der Waals surface area contributed by atoms with Crippen LogP contribution in [0, 0.1) is 6.92 Å². The van der Waals surface area contributed by atoms with Crippen LogP contribution in [0.5, 0.6) is 0 Å². The lowest BCUT2D eigenvalue weighted by atomic mass is 10.2. The van der Waals surface area contributed by atoms with E-state index in [0.29, 0.717) is 5.75 Å². The van der Waals surface area contributed by atoms with Crippen LogP contribution in [0.2, 0.25) is 0 Å². The van der Waals surface area contributed by atoms with Gasteiger partial charge in [0.15, 0.2) is 9.84 Å². The van der Waals surface area contributed by atoms with Crippen LogP contribution in [0.3, 0.4) is 0 Å². The van der Waals surface area contributed by atoms with Gasteiger partial charge in [-0.25, -0.2) is 8.42 Å². The van der Waals surface area contributed by atoms with Crippen LogP contribution in [0.15, 0.2) is 24.3 Å². The van der Waals surface area contributed by atoms with Crippen LogP contribution in [0.25, 0.3) is 0 Å². The van der Waals surface area contributed by atoms with Crippen molar-refractivity contribution in [2.75, 3.05) is 11.1 Å². The third-order valence-electron chi connectivity index (χ3n) is 2.56. The molecule has 0 N–H and O–H groups in total. The van der Waals surface area contributed by atoms with E-state index in [9.17, 15) is 8.42 Å². The van der Waals surface area contributed by atoms with Gasteiger partial charge < -0.3 is 0 Å². The first-order valence-corrected chi connectivity index (χ1v) is 8.80. The molecule has 96 valence electrons. The van der Waals surface area contributed by atoms with Crippen LogP contribution < -0.4 is 0 Å². The van der Waals surface area contributed by atoms with Crippen molar-refractivity contribution in [3.63, 3.8) is 0 Å². The summed E-state index contributed by atoms with van der Waals surface area (Å²) in [4.78, 5) is 0. The molecule has 0 spiro atoms. The highest BCUT2D eigenvalue weighted by atomic mass is 79.9. The summed E-state index contributed by atoms with van der Waals surface area (Å²) in [6.07, 6.45) is 2.78. The van der Waals surface area contributed by atoms with Gasteiger partial charge in [0.25, 0.3) is 0 Å². The molecule has 0 fully saturated rings. The van der Waals surface area contributed by atoms with E-state index in [-0.39, 0.29) is 5.75 Å². The maximum absolute atomic E-state index is 11.9. The molecular formula is C13H19BrO2S. The van der Waals surface area contributed by atoms with Crippen LogP contribution in [-0.2, 0) is 15.6 Å². The Hall–Kier alpha value is -0.350. The van der Waals surface area contributed by atoms with Crippen molar-refractivity contribution >= 4 is 25.8 Å². The Labute approximate surface area is 112 Å². The maximum atomic E-state index is 11.9. The zero-order chi connectivity index (χ0) is 12.7. The lowest BCUT2D eigenvalue weighted by Crippen LogP contribution is -2.09. The van der Waals surface area contributed by atoms with Gasteiger partial charge in [-0.1, -0.05) is 52.2 Å². The Bertz CT molecular complexity index is 440. The van der Waals surface area contributed by atoms with Gasteiger partial charge in [0.05, 0.1) is 11.5 Å². The number of alkyl halides is 1. The molecule has 1 rings (SSSR count). The fourth-order valence-electron chi connectivity index (χ4n) is 1.72. The molecule has 0 aliphatic heterocycles. The van der Waals surface area contributed by atoms with E-state index in [1.807, 2.05) is 31.2 Å². The SMILES string of the molecule is Cc1cccc(CS(=O)(=O)CCCCCBr)c1. The molecule has 4 heteroatoms. The molecule has 0 bridgehead atoms. The summed E-state index contributed by atoms with van der Waals surface area (Å²) in [7, 11) is -2.95. The number of rotatable bonds is 7. The molecular weight excluding hydrogens is 300 g/mol. The summed E-state index contributed by atoms with van der Waals surface area (Å²) in [5, 5.41) is 0.949. The van der Waals surface area contributed by atoms with Gasteiger partial charge in [0.1, 0.15) is 0 Å². The maximum Gasteiger partial charge on any atom is 0.154 e. The van der Waals surface area contributed by atoms with Crippen molar-refractivity contribution < 1.29 is 8.42 Å². The van der Waals surface area contributed by atoms with Crippen molar-refractivity contribution in [2.24, 2.45) is 0 Å². The lowest BCUT2D eigenvalue weighted by molar-refractivity contribution is 0.590. The highest BCUT2D eigenvalue weighted by molar-refractivity contribution is 9.09. The van der Waals surface area contributed by atoms with Crippen LogP contribution >= 0.6 is 15.9 Å². The lowest BCUT2D eigenvalue weighted by Gasteiger charge is -2.05. The van der Waals surface area contributed by atoms with E-state index in [2.05, 4.69) is 15.9 Å². The second-order valence-electron chi connectivity index (χ2n) is 4.33. The molecule has 2 nitrogen and oxygen atoms in total. The van der Waals surface area contributed by atoms with E-state index < -0.39 is 9.84 Å². The minimum atomic E-state index is -2.95. The van der Waals surface area contributed by atoms with Gasteiger partial charge in [0, 0.05) is 5.33 Å². The number of unbranched alkanes of at least 4 members (excludes halogenated alkanes) is 2. The highest BCUT2D eigenvalue weighted by Gasteiger charge is 2.11. The normalized spacial score (nSPS) is 11.6. The number of halogens is 1. The van der Waals surface area contributed by atoms with Gasteiger partial charge in [-0.2, -0.15) is 0 Å². The molecule has 0 unspecified atom stereocenters. The van der Waals surface area contributed by atoms with E-state index in [4.69, 9.17) is 0 Å². The molecule has 0 radical (unpaired) electrons. The predicted molar refractivity (Wildman–Crippen MR) is 76.3 cm³/mol. The molecule has 0 heterocycles. The third kappa shape index (κ3) is 6.22. The van der Waals surface area contributed by atoms with Crippen molar-refractivity contribution in [3.05, 3.63) is 35.4 Å². The monoisotopic (exact) mass is 318 g/mol. The number of aryl methyl sites for hydroxylation is 1. The minimum absolute atomic E-state index is 0.170. The molecule has 1 aromatic rings. The Morgan fingerprint density at radius 3 is 2.59 bits per heavy atom. The Morgan fingerprint density at radius 1 is 1.18 bits per heavy atom. The number of hydrogen-bond acceptors (Lipinski definition) is 2. The van der Waals surface area contributed by atoms with Crippen molar-refractivity contribution in [2.45, 2.75) is 31.9 Å². The molecule has 0 atom stereocenters. The van der Waals surface area contributed by atoms with Gasteiger partial charge in [-0.3, -0.25) is 0 Å². The molecule has 0 aliphatic rings. The average Bonchev–Trinajstić information content (AvgIpc) is 2.24. The summed E-state index contributed by atoms with van der Waals surface area (Å²) in [6.45, 7) is 1.98. The van der Waals surface area contributed by atoms with Crippen LogP contribution in [0.4, 0.5) is 0 Å². The third-order valence-corrected chi connectivity index (χ3v) is 4.80. The highest BCUT2D eigenvalue weighted by Crippen LogP contribution is 2.11. The van der Waals surface area contributed by atoms with E-state index in [1.165, 1.54) is 0 Å². The molecule has 0 saturated heterocycles. The zero-order valence-electron chi connectivity index (χ0n) is 10.2. The van der Waals surface area contributed by atoms with Crippen molar-refractivity contribution in [1.82, 2.24) is 0 Å². The fraction of sp³-hybridized carbons (Fsp3) is 0.538. The van der Waals surface area contributed by atoms with Crippen LogP contribution in [-0.4, -0.2) is 19.5 Å². The first kappa shape index (κ1) is 14.7. The number of benzene rings is 1.